The molecular weight excluding hydrogens is 418 g/mol. The Morgan fingerprint density at radius 2 is 1.70 bits per heavy atom. The number of aliphatic hydroxyl groups excluding tert-OH is 1. The quantitative estimate of drug-likeness (QED) is 0.312. The summed E-state index contributed by atoms with van der Waals surface area (Å²) < 4.78 is 11.1. The highest BCUT2D eigenvalue weighted by atomic mass is 16.5. The predicted octanol–water partition coefficient (Wildman–Crippen LogP) is 5.11. The van der Waals surface area contributed by atoms with Crippen LogP contribution < -0.4 is 14.4 Å². The summed E-state index contributed by atoms with van der Waals surface area (Å²) in [5, 5.41) is 11.3. The van der Waals surface area contributed by atoms with Crippen LogP contribution in [0.3, 0.4) is 0 Å². The topological polar surface area (TPSA) is 76.1 Å². The van der Waals surface area contributed by atoms with Gasteiger partial charge in [-0.3, -0.25) is 14.5 Å². The molecule has 6 nitrogen and oxygen atoms in total. The van der Waals surface area contributed by atoms with E-state index in [1.54, 1.807) is 42.5 Å². The van der Waals surface area contributed by atoms with Crippen molar-refractivity contribution in [1.82, 2.24) is 0 Å². The van der Waals surface area contributed by atoms with Crippen LogP contribution in [-0.2, 0) is 9.59 Å². The monoisotopic (exact) mass is 443 g/mol. The number of aliphatic hydroxyl groups is 1. The molecule has 0 aliphatic carbocycles. The highest BCUT2D eigenvalue weighted by Crippen LogP contribution is 2.43. The van der Waals surface area contributed by atoms with Crippen LogP contribution in [0.1, 0.15) is 30.5 Å². The molecule has 1 aliphatic rings. The van der Waals surface area contributed by atoms with Gasteiger partial charge in [0.15, 0.2) is 0 Å². The number of nitrogens with zero attached hydrogens (tertiary/aromatic N) is 1. The SMILES string of the molecule is CCCOc1cccc(N2C(=O)C(=O)/C(=C(/O)c3ccccc3OC)C2c2ccccc2)c1. The second-order valence-corrected chi connectivity index (χ2v) is 7.63. The lowest BCUT2D eigenvalue weighted by Gasteiger charge is -2.26. The minimum Gasteiger partial charge on any atom is -0.507 e. The molecule has 1 atom stereocenters. The first kappa shape index (κ1) is 22.1. The van der Waals surface area contributed by atoms with Crippen molar-refractivity contribution in [3.63, 3.8) is 0 Å². The summed E-state index contributed by atoms with van der Waals surface area (Å²) in [5.41, 5.74) is 1.57. The molecule has 1 unspecified atom stereocenters. The van der Waals surface area contributed by atoms with E-state index in [-0.39, 0.29) is 11.3 Å². The number of hydrogen-bond acceptors (Lipinski definition) is 5. The number of carbonyl (C=O) groups excluding carboxylic acids is 2. The molecule has 168 valence electrons. The van der Waals surface area contributed by atoms with E-state index in [0.29, 0.717) is 34.9 Å². The van der Waals surface area contributed by atoms with Crippen LogP contribution >= 0.6 is 0 Å². The molecule has 0 saturated carbocycles. The first-order valence-electron chi connectivity index (χ1n) is 10.8. The third kappa shape index (κ3) is 4.20. The van der Waals surface area contributed by atoms with Gasteiger partial charge in [0.1, 0.15) is 17.3 Å². The van der Waals surface area contributed by atoms with Gasteiger partial charge in [-0.05, 0) is 36.2 Å². The van der Waals surface area contributed by atoms with Crippen molar-refractivity contribution in [1.29, 1.82) is 0 Å². The maximum atomic E-state index is 13.3. The smallest absolute Gasteiger partial charge is 0.300 e. The summed E-state index contributed by atoms with van der Waals surface area (Å²) in [7, 11) is 1.49. The summed E-state index contributed by atoms with van der Waals surface area (Å²) in [6.07, 6.45) is 0.845. The van der Waals surface area contributed by atoms with Crippen molar-refractivity contribution in [2.45, 2.75) is 19.4 Å². The van der Waals surface area contributed by atoms with E-state index in [1.165, 1.54) is 12.0 Å². The number of carbonyl (C=O) groups is 2. The number of ketones is 1. The van der Waals surface area contributed by atoms with E-state index in [0.717, 1.165) is 6.42 Å². The van der Waals surface area contributed by atoms with Gasteiger partial charge < -0.3 is 14.6 Å². The van der Waals surface area contributed by atoms with Crippen LogP contribution in [0.5, 0.6) is 11.5 Å². The first-order chi connectivity index (χ1) is 16.1. The van der Waals surface area contributed by atoms with Gasteiger partial charge in [0.2, 0.25) is 0 Å². The van der Waals surface area contributed by atoms with E-state index in [9.17, 15) is 14.7 Å². The van der Waals surface area contributed by atoms with Crippen LogP contribution in [0.2, 0.25) is 0 Å². The van der Waals surface area contributed by atoms with Crippen molar-refractivity contribution in [2.75, 3.05) is 18.6 Å². The summed E-state index contributed by atoms with van der Waals surface area (Å²) in [4.78, 5) is 28.0. The zero-order chi connectivity index (χ0) is 23.4. The molecule has 1 N–H and O–H groups in total. The highest BCUT2D eigenvalue weighted by molar-refractivity contribution is 6.51. The fourth-order valence-corrected chi connectivity index (χ4v) is 3.98. The van der Waals surface area contributed by atoms with Crippen LogP contribution in [0.25, 0.3) is 5.76 Å². The summed E-state index contributed by atoms with van der Waals surface area (Å²) in [5.74, 6) is -0.739. The predicted molar refractivity (Wildman–Crippen MR) is 126 cm³/mol. The third-order valence-corrected chi connectivity index (χ3v) is 5.49. The van der Waals surface area contributed by atoms with Gasteiger partial charge in [0.05, 0.1) is 30.9 Å². The van der Waals surface area contributed by atoms with Crippen LogP contribution in [0, 0.1) is 0 Å². The van der Waals surface area contributed by atoms with Gasteiger partial charge in [0.25, 0.3) is 11.7 Å². The van der Waals surface area contributed by atoms with Crippen molar-refractivity contribution in [3.8, 4) is 11.5 Å². The average molecular weight is 443 g/mol. The molecule has 6 heteroatoms. The Balaban J connectivity index is 1.90. The molecule has 1 saturated heterocycles. The highest BCUT2D eigenvalue weighted by Gasteiger charge is 2.47. The zero-order valence-electron chi connectivity index (χ0n) is 18.5. The fraction of sp³-hybridized carbons (Fsp3) is 0.185. The van der Waals surface area contributed by atoms with Crippen LogP contribution in [-0.4, -0.2) is 30.5 Å². The fourth-order valence-electron chi connectivity index (χ4n) is 3.98. The average Bonchev–Trinajstić information content (AvgIpc) is 3.13. The minimum absolute atomic E-state index is 0.00980. The summed E-state index contributed by atoms with van der Waals surface area (Å²) in [6.45, 7) is 2.55. The van der Waals surface area contributed by atoms with E-state index in [4.69, 9.17) is 9.47 Å². The van der Waals surface area contributed by atoms with Gasteiger partial charge in [-0.25, -0.2) is 0 Å². The Labute approximate surface area is 192 Å². The molecule has 1 fully saturated rings. The largest absolute Gasteiger partial charge is 0.507 e. The van der Waals surface area contributed by atoms with E-state index >= 15 is 0 Å². The van der Waals surface area contributed by atoms with Crippen molar-refractivity contribution >= 4 is 23.1 Å². The van der Waals surface area contributed by atoms with Gasteiger partial charge in [-0.2, -0.15) is 0 Å². The van der Waals surface area contributed by atoms with Crippen molar-refractivity contribution in [3.05, 3.63) is 95.6 Å². The second-order valence-electron chi connectivity index (χ2n) is 7.63. The van der Waals surface area contributed by atoms with Crippen LogP contribution in [0.15, 0.2) is 84.4 Å². The molecule has 0 aromatic heterocycles. The number of anilines is 1. The maximum absolute atomic E-state index is 13.3. The van der Waals surface area contributed by atoms with Gasteiger partial charge in [-0.1, -0.05) is 55.5 Å². The molecule has 0 bridgehead atoms. The number of Topliss-reactive ketones (excluding diaryl/α,β-unsaturated/α-hetero) is 1. The number of para-hydroxylation sites is 1. The Morgan fingerprint density at radius 3 is 2.42 bits per heavy atom. The standard InChI is InChI=1S/C27H25NO5/c1-3-16-33-20-13-9-12-19(17-20)28-24(18-10-5-4-6-11-18)23(26(30)27(28)31)25(29)21-14-7-8-15-22(21)32-2/h4-15,17,24,29H,3,16H2,1-2H3/b25-23+. The molecule has 33 heavy (non-hydrogen) atoms. The van der Waals surface area contributed by atoms with Crippen LogP contribution in [0.4, 0.5) is 5.69 Å². The maximum Gasteiger partial charge on any atom is 0.300 e. The van der Waals surface area contributed by atoms with E-state index in [2.05, 4.69) is 0 Å². The van der Waals surface area contributed by atoms with E-state index in [1.807, 2.05) is 43.3 Å². The number of ether oxygens (including phenoxy) is 2. The lowest BCUT2D eigenvalue weighted by atomic mass is 9.95. The van der Waals surface area contributed by atoms with E-state index < -0.39 is 17.7 Å². The molecule has 1 heterocycles. The normalized spacial score (nSPS) is 17.3. The van der Waals surface area contributed by atoms with Gasteiger partial charge in [0, 0.05) is 11.8 Å². The molecule has 0 radical (unpaired) electrons. The van der Waals surface area contributed by atoms with Crippen molar-refractivity contribution < 1.29 is 24.2 Å². The molecule has 0 spiro atoms. The number of hydrogen-bond donors (Lipinski definition) is 1. The first-order valence-corrected chi connectivity index (χ1v) is 10.8. The molecule has 3 aromatic rings. The number of methoxy groups -OCH3 is 1. The Bertz CT molecular complexity index is 1200. The molecule has 1 amide bonds. The van der Waals surface area contributed by atoms with Gasteiger partial charge in [-0.15, -0.1) is 0 Å². The summed E-state index contributed by atoms with van der Waals surface area (Å²) in [6, 6.07) is 22.3. The summed E-state index contributed by atoms with van der Waals surface area (Å²) >= 11 is 0. The lowest BCUT2D eigenvalue weighted by molar-refractivity contribution is -0.132. The zero-order valence-corrected chi connectivity index (χ0v) is 18.5. The Kier molecular flexibility index (Phi) is 6.45. The molecule has 1 aliphatic heterocycles. The number of amides is 1. The Hall–Kier alpha value is -4.06. The number of rotatable bonds is 7. The Morgan fingerprint density at radius 1 is 0.970 bits per heavy atom. The molecule has 3 aromatic carbocycles. The lowest BCUT2D eigenvalue weighted by Crippen LogP contribution is -2.29. The number of benzene rings is 3. The van der Waals surface area contributed by atoms with Gasteiger partial charge >= 0.3 is 0 Å². The second kappa shape index (κ2) is 9.61. The minimum atomic E-state index is -0.808. The van der Waals surface area contributed by atoms with Crippen molar-refractivity contribution in [2.24, 2.45) is 0 Å². The molecular formula is C27H25NO5. The third-order valence-electron chi connectivity index (χ3n) is 5.49. The molecule has 4 rings (SSSR count).